The van der Waals surface area contributed by atoms with Gasteiger partial charge in [-0.25, -0.2) is 4.79 Å². The monoisotopic (exact) mass is 472 g/mol. The maximum absolute atomic E-state index is 12.9. The lowest BCUT2D eigenvalue weighted by molar-refractivity contribution is -0.118. The number of rotatable bonds is 6. The van der Waals surface area contributed by atoms with E-state index in [0.717, 1.165) is 32.5 Å². The topological polar surface area (TPSA) is 116 Å². The number of fused-ring (bicyclic) bond motifs is 1. The molecule has 1 aliphatic heterocycles. The third kappa shape index (κ3) is 4.18. The lowest BCUT2D eigenvalue weighted by Gasteiger charge is -2.16. The summed E-state index contributed by atoms with van der Waals surface area (Å²) in [5.41, 5.74) is 2.39. The molecule has 0 saturated carbocycles. The normalized spacial score (nSPS) is 12.7. The van der Waals surface area contributed by atoms with Crippen molar-refractivity contribution in [2.24, 2.45) is 0 Å². The van der Waals surface area contributed by atoms with Gasteiger partial charge in [-0.1, -0.05) is 41.1 Å². The van der Waals surface area contributed by atoms with Crippen LogP contribution in [0.2, 0.25) is 0 Å². The average molecular weight is 473 g/mol. The van der Waals surface area contributed by atoms with Crippen LogP contribution in [0.5, 0.6) is 0 Å². The fourth-order valence-corrected chi connectivity index (χ4v) is 4.19. The zero-order valence-electron chi connectivity index (χ0n) is 19.5. The minimum absolute atomic E-state index is 0.0213. The van der Waals surface area contributed by atoms with Gasteiger partial charge in [0.2, 0.25) is 17.6 Å². The molecule has 0 spiro atoms. The smallest absolute Gasteiger partial charge is 0.339 e. The Bertz CT molecular complexity index is 1520. The number of benzene rings is 2. The largest absolute Gasteiger partial charge is 0.352 e. The van der Waals surface area contributed by atoms with E-state index < -0.39 is 11.2 Å². The minimum atomic E-state index is -0.599. The van der Waals surface area contributed by atoms with Crippen molar-refractivity contribution in [1.82, 2.24) is 24.5 Å². The van der Waals surface area contributed by atoms with E-state index >= 15 is 0 Å². The van der Waals surface area contributed by atoms with E-state index in [1.165, 1.54) is 0 Å². The highest BCUT2D eigenvalue weighted by Crippen LogP contribution is 2.28. The van der Waals surface area contributed by atoms with Crippen molar-refractivity contribution in [2.45, 2.75) is 39.7 Å². The van der Waals surface area contributed by atoms with Gasteiger partial charge in [0.25, 0.3) is 5.56 Å². The third-order valence-electron chi connectivity index (χ3n) is 6.08. The Morgan fingerprint density at radius 3 is 2.63 bits per heavy atom. The summed E-state index contributed by atoms with van der Waals surface area (Å²) >= 11 is 0. The molecule has 10 nitrogen and oxygen atoms in total. The standard InChI is InChI=1S/C25H24N6O4/c1-3-29-24(33)22(27-31(25(29)34)18-10-8-16(2)9-11-18)23-26-20(35-28-23)12-13-21(32)30-15-14-17-6-4-5-7-19(17)30/h4-11H,3,12-15H2,1-2H3. The summed E-state index contributed by atoms with van der Waals surface area (Å²) in [5.74, 6) is 0.166. The summed E-state index contributed by atoms with van der Waals surface area (Å²) < 4.78 is 7.55. The maximum atomic E-state index is 12.9. The summed E-state index contributed by atoms with van der Waals surface area (Å²) in [4.78, 5) is 44.6. The van der Waals surface area contributed by atoms with Crippen molar-refractivity contribution in [1.29, 1.82) is 0 Å². The molecule has 0 fully saturated rings. The quantitative estimate of drug-likeness (QED) is 0.423. The number of amides is 1. The molecule has 0 saturated heterocycles. The zero-order valence-corrected chi connectivity index (χ0v) is 19.5. The van der Waals surface area contributed by atoms with Gasteiger partial charge in [-0.2, -0.15) is 14.8 Å². The van der Waals surface area contributed by atoms with Crippen LogP contribution in [0.4, 0.5) is 5.69 Å². The molecule has 0 radical (unpaired) electrons. The lowest BCUT2D eigenvalue weighted by Crippen LogP contribution is -2.41. The van der Waals surface area contributed by atoms with Crippen LogP contribution in [-0.4, -0.2) is 36.9 Å². The Hall–Kier alpha value is -4.34. The molecule has 1 aliphatic rings. The molecule has 4 aromatic rings. The molecule has 1 amide bonds. The molecule has 0 aliphatic carbocycles. The second-order valence-corrected chi connectivity index (χ2v) is 8.36. The molecule has 0 atom stereocenters. The first kappa shape index (κ1) is 22.5. The van der Waals surface area contributed by atoms with Crippen LogP contribution in [0, 0.1) is 6.92 Å². The van der Waals surface area contributed by atoms with Crippen LogP contribution < -0.4 is 16.1 Å². The number of aryl methyl sites for hydroxylation is 2. The van der Waals surface area contributed by atoms with Crippen molar-refractivity contribution < 1.29 is 9.32 Å². The fraction of sp³-hybridized carbons (Fsp3) is 0.280. The van der Waals surface area contributed by atoms with Gasteiger partial charge in [0.05, 0.1) is 5.69 Å². The van der Waals surface area contributed by atoms with E-state index in [1.54, 1.807) is 24.0 Å². The van der Waals surface area contributed by atoms with Crippen LogP contribution >= 0.6 is 0 Å². The predicted molar refractivity (Wildman–Crippen MR) is 129 cm³/mol. The molecule has 10 heteroatoms. The molecule has 3 heterocycles. The molecular formula is C25H24N6O4. The Morgan fingerprint density at radius 2 is 1.86 bits per heavy atom. The van der Waals surface area contributed by atoms with Gasteiger partial charge in [0, 0.05) is 31.6 Å². The summed E-state index contributed by atoms with van der Waals surface area (Å²) in [6, 6.07) is 15.1. The average Bonchev–Trinajstić information content (AvgIpc) is 3.51. The van der Waals surface area contributed by atoms with Crippen LogP contribution in [-0.2, 0) is 24.2 Å². The number of anilines is 1. The molecule has 5 rings (SSSR count). The Morgan fingerprint density at radius 1 is 1.09 bits per heavy atom. The number of para-hydroxylation sites is 1. The lowest BCUT2D eigenvalue weighted by atomic mass is 10.2. The van der Waals surface area contributed by atoms with Crippen LogP contribution in [0.3, 0.4) is 0 Å². The van der Waals surface area contributed by atoms with Gasteiger partial charge >= 0.3 is 5.69 Å². The van der Waals surface area contributed by atoms with Crippen molar-refractivity contribution in [2.75, 3.05) is 11.4 Å². The molecule has 0 unspecified atom stereocenters. The first-order valence-corrected chi connectivity index (χ1v) is 11.5. The second-order valence-electron chi connectivity index (χ2n) is 8.36. The summed E-state index contributed by atoms with van der Waals surface area (Å²) in [7, 11) is 0. The molecular weight excluding hydrogens is 448 g/mol. The van der Waals surface area contributed by atoms with Crippen molar-refractivity contribution in [3.63, 3.8) is 0 Å². The van der Waals surface area contributed by atoms with Crippen LogP contribution in [0.15, 0.2) is 62.6 Å². The van der Waals surface area contributed by atoms with Crippen LogP contribution in [0.25, 0.3) is 17.2 Å². The first-order chi connectivity index (χ1) is 17.0. The van der Waals surface area contributed by atoms with Gasteiger partial charge in [-0.3, -0.25) is 14.2 Å². The number of hydrogen-bond donors (Lipinski definition) is 0. The Balaban J connectivity index is 1.40. The van der Waals surface area contributed by atoms with E-state index in [0.29, 0.717) is 12.2 Å². The molecule has 178 valence electrons. The van der Waals surface area contributed by atoms with E-state index in [2.05, 4.69) is 15.2 Å². The van der Waals surface area contributed by atoms with Gasteiger partial charge in [0.15, 0.2) is 5.69 Å². The maximum Gasteiger partial charge on any atom is 0.352 e. The van der Waals surface area contributed by atoms with Gasteiger partial charge in [-0.15, -0.1) is 0 Å². The summed E-state index contributed by atoms with van der Waals surface area (Å²) in [6.07, 6.45) is 1.24. The number of nitrogens with zero attached hydrogens (tertiary/aromatic N) is 6. The predicted octanol–water partition coefficient (Wildman–Crippen LogP) is 2.29. The SMILES string of the molecule is CCn1c(=O)c(-c2noc(CCC(=O)N3CCc4ccccc43)n2)nn(-c2ccc(C)cc2)c1=O. The number of aromatic nitrogens is 5. The Kier molecular flexibility index (Phi) is 5.86. The van der Waals surface area contributed by atoms with E-state index in [-0.39, 0.29) is 42.7 Å². The van der Waals surface area contributed by atoms with Crippen molar-refractivity contribution >= 4 is 11.6 Å². The van der Waals surface area contributed by atoms with E-state index in [4.69, 9.17) is 4.52 Å². The molecule has 35 heavy (non-hydrogen) atoms. The highest BCUT2D eigenvalue weighted by atomic mass is 16.5. The zero-order chi connectivity index (χ0) is 24.5. The summed E-state index contributed by atoms with van der Waals surface area (Å²) in [6.45, 7) is 4.45. The molecule has 2 aromatic carbocycles. The van der Waals surface area contributed by atoms with Crippen molar-refractivity contribution in [3.05, 3.63) is 86.4 Å². The third-order valence-corrected chi connectivity index (χ3v) is 6.08. The molecule has 0 bridgehead atoms. The van der Waals surface area contributed by atoms with E-state index in [1.807, 2.05) is 43.3 Å². The highest BCUT2D eigenvalue weighted by molar-refractivity contribution is 5.95. The molecule has 0 N–H and O–H groups in total. The second kappa shape index (κ2) is 9.13. The minimum Gasteiger partial charge on any atom is -0.339 e. The number of hydrogen-bond acceptors (Lipinski definition) is 7. The first-order valence-electron chi connectivity index (χ1n) is 11.5. The number of carbonyl (C=O) groups is 1. The summed E-state index contributed by atoms with van der Waals surface area (Å²) in [5, 5.41) is 8.17. The fourth-order valence-electron chi connectivity index (χ4n) is 4.19. The van der Waals surface area contributed by atoms with Crippen molar-refractivity contribution in [3.8, 4) is 17.2 Å². The van der Waals surface area contributed by atoms with Gasteiger partial charge < -0.3 is 9.42 Å². The van der Waals surface area contributed by atoms with Gasteiger partial charge in [-0.05, 0) is 44.0 Å². The van der Waals surface area contributed by atoms with Crippen LogP contribution in [0.1, 0.15) is 30.4 Å². The highest BCUT2D eigenvalue weighted by Gasteiger charge is 2.25. The number of carbonyl (C=O) groups excluding carboxylic acids is 1. The van der Waals surface area contributed by atoms with E-state index in [9.17, 15) is 14.4 Å². The Labute approximate surface area is 200 Å². The molecule has 2 aromatic heterocycles. The van der Waals surface area contributed by atoms with Gasteiger partial charge in [0.1, 0.15) is 0 Å².